The first-order chi connectivity index (χ1) is 7.66. The average Bonchev–Trinajstić information content (AvgIpc) is 2.65. The molecule has 0 amide bonds. The summed E-state index contributed by atoms with van der Waals surface area (Å²) in [5.74, 6) is -0.463. The van der Waals surface area contributed by atoms with Crippen LogP contribution in [0, 0.1) is 0 Å². The van der Waals surface area contributed by atoms with E-state index in [-0.39, 0.29) is 5.56 Å². The van der Waals surface area contributed by atoms with E-state index in [2.05, 4.69) is 20.8 Å². The second-order valence-electron chi connectivity index (χ2n) is 3.13. The van der Waals surface area contributed by atoms with Crippen molar-refractivity contribution in [3.63, 3.8) is 0 Å². The zero-order valence-corrected chi connectivity index (χ0v) is 8.45. The summed E-state index contributed by atoms with van der Waals surface area (Å²) < 4.78 is 1.48. The van der Waals surface area contributed by atoms with Gasteiger partial charge in [0.25, 0.3) is 0 Å². The fourth-order valence-corrected chi connectivity index (χ4v) is 1.16. The maximum atomic E-state index is 10.6. The van der Waals surface area contributed by atoms with Crippen molar-refractivity contribution in [3.8, 4) is 0 Å². The molecule has 0 bridgehead atoms. The Morgan fingerprint density at radius 3 is 2.56 bits per heavy atom. The molecule has 7 heteroatoms. The van der Waals surface area contributed by atoms with E-state index in [4.69, 9.17) is 5.11 Å². The molecule has 2 aromatic rings. The van der Waals surface area contributed by atoms with Crippen molar-refractivity contribution in [2.75, 3.05) is 5.32 Å². The van der Waals surface area contributed by atoms with Crippen molar-refractivity contribution in [2.24, 2.45) is 7.05 Å². The number of nitrogens with zero attached hydrogens (tertiary/aromatic N) is 4. The molecule has 7 nitrogen and oxygen atoms in total. The van der Waals surface area contributed by atoms with Crippen LogP contribution in [0.15, 0.2) is 24.3 Å². The first-order valence-corrected chi connectivity index (χ1v) is 4.49. The van der Waals surface area contributed by atoms with Crippen LogP contribution in [0.25, 0.3) is 0 Å². The highest BCUT2D eigenvalue weighted by Crippen LogP contribution is 2.13. The van der Waals surface area contributed by atoms with Gasteiger partial charge in [0.15, 0.2) is 0 Å². The van der Waals surface area contributed by atoms with Gasteiger partial charge in [-0.3, -0.25) is 0 Å². The summed E-state index contributed by atoms with van der Waals surface area (Å²) in [6.07, 6.45) is 0. The minimum atomic E-state index is -0.952. The van der Waals surface area contributed by atoms with Gasteiger partial charge in [-0.1, -0.05) is 5.10 Å². The van der Waals surface area contributed by atoms with E-state index in [9.17, 15) is 4.79 Å². The molecular weight excluding hydrogens is 210 g/mol. The van der Waals surface area contributed by atoms with Crippen molar-refractivity contribution in [1.82, 2.24) is 20.2 Å². The third-order valence-corrected chi connectivity index (χ3v) is 2.01. The standard InChI is InChI=1S/C9H9N5O2/c1-14-9(11-12-13-14)10-7-4-2-6(3-5-7)8(15)16/h2-5H,1H3,(H,15,16)(H,10,11,13). The van der Waals surface area contributed by atoms with E-state index in [0.29, 0.717) is 5.95 Å². The minimum Gasteiger partial charge on any atom is -0.478 e. The molecule has 0 radical (unpaired) electrons. The number of carboxylic acids is 1. The Hall–Kier alpha value is -2.44. The lowest BCUT2D eigenvalue weighted by molar-refractivity contribution is 0.0697. The lowest BCUT2D eigenvalue weighted by Crippen LogP contribution is -2.01. The Bertz CT molecular complexity index is 505. The predicted molar refractivity (Wildman–Crippen MR) is 55.5 cm³/mol. The van der Waals surface area contributed by atoms with Gasteiger partial charge in [0.05, 0.1) is 5.56 Å². The molecule has 0 spiro atoms. The summed E-state index contributed by atoms with van der Waals surface area (Å²) >= 11 is 0. The summed E-state index contributed by atoms with van der Waals surface area (Å²) in [6, 6.07) is 6.32. The molecule has 0 fully saturated rings. The molecule has 0 saturated heterocycles. The zero-order valence-electron chi connectivity index (χ0n) is 8.45. The lowest BCUT2D eigenvalue weighted by Gasteiger charge is -2.03. The van der Waals surface area contributed by atoms with Crippen molar-refractivity contribution in [2.45, 2.75) is 0 Å². The van der Waals surface area contributed by atoms with Crippen molar-refractivity contribution in [3.05, 3.63) is 29.8 Å². The van der Waals surface area contributed by atoms with E-state index in [1.165, 1.54) is 16.8 Å². The van der Waals surface area contributed by atoms with E-state index < -0.39 is 5.97 Å². The molecule has 0 unspecified atom stereocenters. The largest absolute Gasteiger partial charge is 0.478 e. The molecule has 82 valence electrons. The third kappa shape index (κ3) is 1.97. The maximum Gasteiger partial charge on any atom is 0.335 e. The van der Waals surface area contributed by atoms with E-state index in [1.54, 1.807) is 19.2 Å². The highest BCUT2D eigenvalue weighted by Gasteiger charge is 2.04. The van der Waals surface area contributed by atoms with Gasteiger partial charge >= 0.3 is 5.97 Å². The summed E-state index contributed by atoms with van der Waals surface area (Å²) in [5, 5.41) is 22.5. The number of aryl methyl sites for hydroxylation is 1. The first kappa shape index (κ1) is 10.1. The highest BCUT2D eigenvalue weighted by atomic mass is 16.4. The van der Waals surface area contributed by atoms with Gasteiger partial charge in [-0.05, 0) is 34.7 Å². The summed E-state index contributed by atoms with van der Waals surface area (Å²) in [5.41, 5.74) is 0.963. The molecular formula is C9H9N5O2. The van der Waals surface area contributed by atoms with Gasteiger partial charge in [-0.15, -0.1) is 0 Å². The maximum absolute atomic E-state index is 10.6. The molecule has 1 heterocycles. The molecule has 0 saturated carbocycles. The van der Waals surface area contributed by atoms with Crippen LogP contribution in [0.4, 0.5) is 11.6 Å². The number of anilines is 2. The topological polar surface area (TPSA) is 92.9 Å². The van der Waals surface area contributed by atoms with Crippen molar-refractivity contribution in [1.29, 1.82) is 0 Å². The Balaban J connectivity index is 2.17. The van der Waals surface area contributed by atoms with Gasteiger partial charge in [-0.2, -0.15) is 0 Å². The lowest BCUT2D eigenvalue weighted by atomic mass is 10.2. The van der Waals surface area contributed by atoms with Crippen LogP contribution in [-0.4, -0.2) is 31.3 Å². The SMILES string of the molecule is Cn1nnnc1Nc1ccc(C(=O)O)cc1. The van der Waals surface area contributed by atoms with E-state index in [0.717, 1.165) is 5.69 Å². The summed E-state index contributed by atoms with van der Waals surface area (Å²) in [4.78, 5) is 10.6. The number of carboxylic acid groups (broad SMARTS) is 1. The molecule has 1 aromatic heterocycles. The number of rotatable bonds is 3. The molecule has 2 rings (SSSR count). The number of aromatic nitrogens is 4. The average molecular weight is 219 g/mol. The van der Waals surface area contributed by atoms with Crippen LogP contribution < -0.4 is 5.32 Å². The number of nitrogens with one attached hydrogen (secondary N) is 1. The second kappa shape index (κ2) is 3.97. The molecule has 1 aromatic carbocycles. The van der Waals surface area contributed by atoms with Crippen LogP contribution in [0.2, 0.25) is 0 Å². The summed E-state index contributed by atoms with van der Waals surface area (Å²) in [7, 11) is 1.70. The number of hydrogen-bond donors (Lipinski definition) is 2. The van der Waals surface area contributed by atoms with Crippen LogP contribution in [0.5, 0.6) is 0 Å². The first-order valence-electron chi connectivity index (χ1n) is 4.49. The Morgan fingerprint density at radius 2 is 2.06 bits per heavy atom. The number of carbonyl (C=O) groups is 1. The minimum absolute atomic E-state index is 0.238. The Kier molecular flexibility index (Phi) is 2.50. The predicted octanol–water partition coefficient (Wildman–Crippen LogP) is 0.652. The third-order valence-electron chi connectivity index (χ3n) is 2.01. The number of aromatic carboxylic acids is 1. The monoisotopic (exact) mass is 219 g/mol. The molecule has 0 aliphatic carbocycles. The molecule has 0 atom stereocenters. The van der Waals surface area contributed by atoms with Gasteiger partial charge < -0.3 is 10.4 Å². The highest BCUT2D eigenvalue weighted by molar-refractivity contribution is 5.88. The fraction of sp³-hybridized carbons (Fsp3) is 0.111. The molecule has 0 aliphatic rings. The number of hydrogen-bond acceptors (Lipinski definition) is 5. The van der Waals surface area contributed by atoms with Crippen molar-refractivity contribution >= 4 is 17.6 Å². The number of benzene rings is 1. The van der Waals surface area contributed by atoms with Crippen LogP contribution in [0.3, 0.4) is 0 Å². The normalized spacial score (nSPS) is 10.1. The quantitative estimate of drug-likeness (QED) is 0.787. The Morgan fingerprint density at radius 1 is 1.38 bits per heavy atom. The zero-order chi connectivity index (χ0) is 11.5. The smallest absolute Gasteiger partial charge is 0.335 e. The molecule has 16 heavy (non-hydrogen) atoms. The van der Waals surface area contributed by atoms with E-state index in [1.807, 2.05) is 0 Å². The van der Waals surface area contributed by atoms with Crippen molar-refractivity contribution < 1.29 is 9.90 Å². The van der Waals surface area contributed by atoms with Crippen LogP contribution >= 0.6 is 0 Å². The second-order valence-corrected chi connectivity index (χ2v) is 3.13. The van der Waals surface area contributed by atoms with Gasteiger partial charge in [-0.25, -0.2) is 9.48 Å². The molecule has 0 aliphatic heterocycles. The van der Waals surface area contributed by atoms with Gasteiger partial charge in [0.2, 0.25) is 5.95 Å². The van der Waals surface area contributed by atoms with Crippen LogP contribution in [0.1, 0.15) is 10.4 Å². The van der Waals surface area contributed by atoms with Crippen LogP contribution in [-0.2, 0) is 7.05 Å². The summed E-state index contributed by atoms with van der Waals surface area (Å²) in [6.45, 7) is 0. The fourth-order valence-electron chi connectivity index (χ4n) is 1.16. The Labute approximate surface area is 90.7 Å². The van der Waals surface area contributed by atoms with Gasteiger partial charge in [0.1, 0.15) is 0 Å². The van der Waals surface area contributed by atoms with E-state index >= 15 is 0 Å². The number of tetrazole rings is 1. The molecule has 2 N–H and O–H groups in total. The van der Waals surface area contributed by atoms with Gasteiger partial charge in [0, 0.05) is 12.7 Å².